The number of halogens is 1. The summed E-state index contributed by atoms with van der Waals surface area (Å²) in [4.78, 5) is 26.5. The van der Waals surface area contributed by atoms with Gasteiger partial charge in [0.15, 0.2) is 0 Å². The zero-order chi connectivity index (χ0) is 13.8. The number of hydrogen-bond acceptors (Lipinski definition) is 4. The Labute approximate surface area is 114 Å². The molecule has 0 radical (unpaired) electrons. The van der Waals surface area contributed by atoms with Crippen molar-refractivity contribution in [2.45, 2.75) is 32.4 Å². The first-order chi connectivity index (χ1) is 8.33. The van der Waals surface area contributed by atoms with Gasteiger partial charge in [-0.1, -0.05) is 0 Å². The van der Waals surface area contributed by atoms with E-state index in [1.807, 2.05) is 0 Å². The minimum absolute atomic E-state index is 0.604. The summed E-state index contributed by atoms with van der Waals surface area (Å²) in [5, 5.41) is 2.49. The molecule has 6 heteroatoms. The van der Waals surface area contributed by atoms with E-state index in [-0.39, 0.29) is 0 Å². The van der Waals surface area contributed by atoms with Crippen LogP contribution in [0, 0.1) is 0 Å². The van der Waals surface area contributed by atoms with Crippen LogP contribution in [-0.2, 0) is 9.53 Å². The average Bonchev–Trinajstić information content (AvgIpc) is 2.24. The third kappa shape index (κ3) is 4.44. The number of alkyl carbamates (subject to hydrolysis) is 1. The number of aromatic nitrogens is 1. The van der Waals surface area contributed by atoms with Crippen molar-refractivity contribution in [3.05, 3.63) is 28.5 Å². The predicted molar refractivity (Wildman–Crippen MR) is 70.1 cm³/mol. The first-order valence-corrected chi connectivity index (χ1v) is 6.17. The number of hydrogen-bond donors (Lipinski definition) is 1. The average molecular weight is 315 g/mol. The van der Waals surface area contributed by atoms with Crippen LogP contribution in [0.25, 0.3) is 0 Å². The molecule has 1 heterocycles. The number of amides is 1. The van der Waals surface area contributed by atoms with Crippen LogP contribution in [0.1, 0.15) is 32.4 Å². The van der Waals surface area contributed by atoms with Gasteiger partial charge in [-0.25, -0.2) is 4.79 Å². The van der Waals surface area contributed by atoms with Crippen LogP contribution >= 0.6 is 15.9 Å². The van der Waals surface area contributed by atoms with Gasteiger partial charge in [0.05, 0.1) is 0 Å². The van der Waals surface area contributed by atoms with Crippen LogP contribution in [0.3, 0.4) is 0 Å². The number of pyridine rings is 1. The topological polar surface area (TPSA) is 68.3 Å². The predicted octanol–water partition coefficient (Wildman–Crippen LogP) is 2.61. The standard InChI is InChI=1S/C12H15BrN2O3/c1-12(2,3)18-11(17)15-10(7-16)8-4-5-14-6-9(8)13/h4-7,10H,1-3H3,(H,15,17). The van der Waals surface area contributed by atoms with Gasteiger partial charge in [0.1, 0.15) is 17.9 Å². The van der Waals surface area contributed by atoms with Gasteiger partial charge in [-0.15, -0.1) is 0 Å². The number of rotatable bonds is 3. The monoisotopic (exact) mass is 314 g/mol. The first kappa shape index (κ1) is 14.6. The molecule has 0 aromatic carbocycles. The zero-order valence-electron chi connectivity index (χ0n) is 10.4. The van der Waals surface area contributed by atoms with Crippen LogP contribution in [0.5, 0.6) is 0 Å². The Morgan fingerprint density at radius 3 is 2.72 bits per heavy atom. The lowest BCUT2D eigenvalue weighted by Gasteiger charge is -2.21. The second kappa shape index (κ2) is 5.95. The molecular weight excluding hydrogens is 300 g/mol. The third-order valence-electron chi connectivity index (χ3n) is 1.95. The Hall–Kier alpha value is -1.43. The molecule has 0 bridgehead atoms. The summed E-state index contributed by atoms with van der Waals surface area (Å²) in [6.07, 6.45) is 3.11. The molecule has 1 atom stereocenters. The van der Waals surface area contributed by atoms with E-state index in [0.717, 1.165) is 0 Å². The van der Waals surface area contributed by atoms with Crippen LogP contribution in [-0.4, -0.2) is 23.0 Å². The van der Waals surface area contributed by atoms with Crippen LogP contribution in [0.4, 0.5) is 4.79 Å². The molecule has 1 rings (SSSR count). The van der Waals surface area contributed by atoms with E-state index in [1.165, 1.54) is 0 Å². The molecule has 0 fully saturated rings. The minimum Gasteiger partial charge on any atom is -0.444 e. The minimum atomic E-state index is -0.766. The molecule has 1 amide bonds. The Morgan fingerprint density at radius 2 is 2.22 bits per heavy atom. The zero-order valence-corrected chi connectivity index (χ0v) is 12.0. The van der Waals surface area contributed by atoms with Crippen molar-refractivity contribution in [3.8, 4) is 0 Å². The molecule has 5 nitrogen and oxygen atoms in total. The molecule has 1 aromatic heterocycles. The number of carbonyl (C=O) groups is 2. The summed E-state index contributed by atoms with van der Waals surface area (Å²) in [6.45, 7) is 5.26. The fourth-order valence-electron chi connectivity index (χ4n) is 1.26. The van der Waals surface area contributed by atoms with Gasteiger partial charge in [0, 0.05) is 16.9 Å². The molecule has 0 spiro atoms. The fraction of sp³-hybridized carbons (Fsp3) is 0.417. The molecule has 0 aliphatic carbocycles. The van der Waals surface area contributed by atoms with Gasteiger partial charge >= 0.3 is 6.09 Å². The van der Waals surface area contributed by atoms with Crippen molar-refractivity contribution < 1.29 is 14.3 Å². The highest BCUT2D eigenvalue weighted by Crippen LogP contribution is 2.21. The van der Waals surface area contributed by atoms with E-state index in [2.05, 4.69) is 26.2 Å². The third-order valence-corrected chi connectivity index (χ3v) is 2.61. The summed E-state index contributed by atoms with van der Waals surface area (Å²) in [6, 6.07) is 0.887. The number of carbonyl (C=O) groups excluding carboxylic acids is 2. The summed E-state index contributed by atoms with van der Waals surface area (Å²) < 4.78 is 5.74. The number of ether oxygens (including phenoxy) is 1. The van der Waals surface area contributed by atoms with Crippen LogP contribution in [0.2, 0.25) is 0 Å². The van der Waals surface area contributed by atoms with E-state index in [1.54, 1.807) is 39.2 Å². The molecule has 1 aromatic rings. The molecule has 0 saturated carbocycles. The fourth-order valence-corrected chi connectivity index (χ4v) is 1.75. The van der Waals surface area contributed by atoms with Crippen LogP contribution in [0.15, 0.2) is 22.9 Å². The van der Waals surface area contributed by atoms with E-state index in [9.17, 15) is 9.59 Å². The van der Waals surface area contributed by atoms with Crippen molar-refractivity contribution in [3.63, 3.8) is 0 Å². The number of nitrogens with one attached hydrogen (secondary N) is 1. The molecule has 1 N–H and O–H groups in total. The van der Waals surface area contributed by atoms with E-state index in [0.29, 0.717) is 16.3 Å². The van der Waals surface area contributed by atoms with Crippen molar-refractivity contribution >= 4 is 28.3 Å². The highest BCUT2D eigenvalue weighted by Gasteiger charge is 2.21. The van der Waals surface area contributed by atoms with Gasteiger partial charge < -0.3 is 14.8 Å². The van der Waals surface area contributed by atoms with Gasteiger partial charge in [0.25, 0.3) is 0 Å². The van der Waals surface area contributed by atoms with Gasteiger partial charge in [-0.05, 0) is 48.3 Å². The molecular formula is C12H15BrN2O3. The van der Waals surface area contributed by atoms with Crippen molar-refractivity contribution in [2.75, 3.05) is 0 Å². The van der Waals surface area contributed by atoms with Gasteiger partial charge in [-0.2, -0.15) is 0 Å². The van der Waals surface area contributed by atoms with E-state index < -0.39 is 17.7 Å². The molecule has 98 valence electrons. The maximum atomic E-state index is 11.6. The molecule has 18 heavy (non-hydrogen) atoms. The van der Waals surface area contributed by atoms with Crippen molar-refractivity contribution in [2.24, 2.45) is 0 Å². The second-order valence-electron chi connectivity index (χ2n) is 4.66. The summed E-state index contributed by atoms with van der Waals surface area (Å²) in [5.74, 6) is 0. The summed E-state index contributed by atoms with van der Waals surface area (Å²) in [7, 11) is 0. The first-order valence-electron chi connectivity index (χ1n) is 5.37. The second-order valence-corrected chi connectivity index (χ2v) is 5.51. The lowest BCUT2D eigenvalue weighted by molar-refractivity contribution is -0.109. The van der Waals surface area contributed by atoms with E-state index >= 15 is 0 Å². The highest BCUT2D eigenvalue weighted by molar-refractivity contribution is 9.10. The Bertz CT molecular complexity index is 443. The Morgan fingerprint density at radius 1 is 1.56 bits per heavy atom. The lowest BCUT2D eigenvalue weighted by Crippen LogP contribution is -2.35. The summed E-state index contributed by atoms with van der Waals surface area (Å²) in [5.41, 5.74) is 0.0263. The normalized spacial score (nSPS) is 12.7. The Balaban J connectivity index is 2.78. The number of nitrogens with zero attached hydrogens (tertiary/aromatic N) is 1. The molecule has 0 aliphatic heterocycles. The van der Waals surface area contributed by atoms with E-state index in [4.69, 9.17) is 4.74 Å². The van der Waals surface area contributed by atoms with Crippen molar-refractivity contribution in [1.82, 2.24) is 10.3 Å². The lowest BCUT2D eigenvalue weighted by atomic mass is 10.1. The molecule has 0 saturated heterocycles. The van der Waals surface area contributed by atoms with Gasteiger partial charge in [-0.3, -0.25) is 4.98 Å². The van der Waals surface area contributed by atoms with Crippen LogP contribution < -0.4 is 5.32 Å². The summed E-state index contributed by atoms with van der Waals surface area (Å²) >= 11 is 3.28. The molecule has 1 unspecified atom stereocenters. The SMILES string of the molecule is CC(C)(C)OC(=O)NC(C=O)c1ccncc1Br. The number of aldehydes is 1. The molecule has 0 aliphatic rings. The Kier molecular flexibility index (Phi) is 4.84. The van der Waals surface area contributed by atoms with Gasteiger partial charge in [0.2, 0.25) is 0 Å². The quantitative estimate of drug-likeness (QED) is 0.871. The highest BCUT2D eigenvalue weighted by atomic mass is 79.9. The van der Waals surface area contributed by atoms with Crippen molar-refractivity contribution in [1.29, 1.82) is 0 Å². The maximum Gasteiger partial charge on any atom is 0.408 e. The maximum absolute atomic E-state index is 11.6. The smallest absolute Gasteiger partial charge is 0.408 e. The largest absolute Gasteiger partial charge is 0.444 e.